The number of ether oxygens (including phenoxy) is 1. The Bertz CT molecular complexity index is 766. The first-order valence-electron chi connectivity index (χ1n) is 7.45. The second-order valence-electron chi connectivity index (χ2n) is 5.49. The largest absolute Gasteiger partial charge is 0.484 e. The molecule has 0 radical (unpaired) electrons. The number of nitrogens with zero attached hydrogens (tertiary/aromatic N) is 1. The fraction of sp³-hybridized carbons (Fsp3) is 0.222. The van der Waals surface area contributed by atoms with Crippen LogP contribution in [0.25, 0.3) is 0 Å². The fourth-order valence-corrected chi connectivity index (χ4v) is 2.24. The van der Waals surface area contributed by atoms with Crippen molar-refractivity contribution in [3.8, 4) is 5.75 Å². The van der Waals surface area contributed by atoms with E-state index in [0.717, 1.165) is 23.4 Å². The first-order chi connectivity index (χ1) is 11.8. The van der Waals surface area contributed by atoms with Gasteiger partial charge in [0.15, 0.2) is 6.61 Å². The molecule has 0 aliphatic carbocycles. The van der Waals surface area contributed by atoms with Gasteiger partial charge in [0.2, 0.25) is 0 Å². The van der Waals surface area contributed by atoms with Crippen LogP contribution in [0.4, 0.5) is 13.2 Å². The number of hydrogen-bond donors (Lipinski definition) is 1. The molecular weight excluding hydrogens is 333 g/mol. The van der Waals surface area contributed by atoms with Crippen molar-refractivity contribution in [2.75, 3.05) is 6.61 Å². The summed E-state index contributed by atoms with van der Waals surface area (Å²) in [7, 11) is 0. The van der Waals surface area contributed by atoms with Gasteiger partial charge in [0, 0.05) is 5.56 Å². The fourth-order valence-electron chi connectivity index (χ4n) is 2.24. The number of benzene rings is 2. The number of aryl methyl sites for hydroxylation is 2. The van der Waals surface area contributed by atoms with Crippen LogP contribution in [-0.2, 0) is 11.0 Å². The molecule has 2 aromatic carbocycles. The maximum absolute atomic E-state index is 12.8. The van der Waals surface area contributed by atoms with E-state index in [9.17, 15) is 18.0 Å². The normalized spacial score (nSPS) is 11.6. The molecule has 7 heteroatoms. The van der Waals surface area contributed by atoms with E-state index < -0.39 is 17.6 Å². The minimum Gasteiger partial charge on any atom is -0.484 e. The highest BCUT2D eigenvalue weighted by Gasteiger charge is 2.32. The van der Waals surface area contributed by atoms with Gasteiger partial charge in [-0.3, -0.25) is 4.79 Å². The molecule has 0 bridgehead atoms. The van der Waals surface area contributed by atoms with Crippen LogP contribution in [0.5, 0.6) is 5.75 Å². The molecule has 4 nitrogen and oxygen atoms in total. The molecule has 132 valence electrons. The number of halogens is 3. The van der Waals surface area contributed by atoms with Gasteiger partial charge in [0.05, 0.1) is 11.8 Å². The number of nitrogens with one attached hydrogen (secondary N) is 1. The van der Waals surface area contributed by atoms with Crippen molar-refractivity contribution in [2.45, 2.75) is 20.0 Å². The summed E-state index contributed by atoms with van der Waals surface area (Å²) in [5.74, 6) is -0.0288. The first-order valence-corrected chi connectivity index (χ1v) is 7.45. The van der Waals surface area contributed by atoms with Crippen LogP contribution in [0, 0.1) is 13.8 Å². The predicted octanol–water partition coefficient (Wildman–Crippen LogP) is 3.85. The SMILES string of the molecule is Cc1cc(C)cc(OCC(=O)N/N=C\c2ccccc2C(F)(F)F)c1. The van der Waals surface area contributed by atoms with Crippen LogP contribution in [0.3, 0.4) is 0 Å². The van der Waals surface area contributed by atoms with Crippen molar-refractivity contribution in [1.29, 1.82) is 0 Å². The predicted molar refractivity (Wildman–Crippen MR) is 88.6 cm³/mol. The van der Waals surface area contributed by atoms with E-state index in [-0.39, 0.29) is 12.2 Å². The Morgan fingerprint density at radius 3 is 2.44 bits per heavy atom. The molecule has 0 atom stereocenters. The van der Waals surface area contributed by atoms with Gasteiger partial charge in [-0.25, -0.2) is 5.43 Å². The molecule has 1 amide bonds. The zero-order valence-corrected chi connectivity index (χ0v) is 13.7. The Balaban J connectivity index is 1.93. The summed E-state index contributed by atoms with van der Waals surface area (Å²) in [6, 6.07) is 10.5. The third kappa shape index (κ3) is 5.63. The van der Waals surface area contributed by atoms with Crippen LogP contribution in [-0.4, -0.2) is 18.7 Å². The zero-order valence-electron chi connectivity index (χ0n) is 13.7. The van der Waals surface area contributed by atoms with E-state index in [1.54, 1.807) is 12.1 Å². The van der Waals surface area contributed by atoms with E-state index in [1.807, 2.05) is 19.9 Å². The number of hydrogen-bond acceptors (Lipinski definition) is 3. The lowest BCUT2D eigenvalue weighted by molar-refractivity contribution is -0.137. The van der Waals surface area contributed by atoms with Crippen molar-refractivity contribution >= 4 is 12.1 Å². The topological polar surface area (TPSA) is 50.7 Å². The lowest BCUT2D eigenvalue weighted by Gasteiger charge is -2.09. The number of hydrazone groups is 1. The van der Waals surface area contributed by atoms with Crippen LogP contribution < -0.4 is 10.2 Å². The summed E-state index contributed by atoms with van der Waals surface area (Å²) in [6.07, 6.45) is -3.53. The van der Waals surface area contributed by atoms with Crippen molar-refractivity contribution < 1.29 is 22.7 Å². The Hall–Kier alpha value is -2.83. The maximum Gasteiger partial charge on any atom is 0.417 e. The molecule has 0 saturated heterocycles. The quantitative estimate of drug-likeness (QED) is 0.658. The summed E-state index contributed by atoms with van der Waals surface area (Å²) < 4.78 is 43.9. The summed E-state index contributed by atoms with van der Waals surface area (Å²) in [5, 5.41) is 3.56. The van der Waals surface area contributed by atoms with Crippen molar-refractivity contribution in [1.82, 2.24) is 5.43 Å². The number of carbonyl (C=O) groups excluding carboxylic acids is 1. The average molecular weight is 350 g/mol. The average Bonchev–Trinajstić information content (AvgIpc) is 2.51. The van der Waals surface area contributed by atoms with E-state index in [2.05, 4.69) is 10.5 Å². The minimum absolute atomic E-state index is 0.134. The molecule has 0 unspecified atom stereocenters. The summed E-state index contributed by atoms with van der Waals surface area (Å²) >= 11 is 0. The van der Waals surface area contributed by atoms with Crippen LogP contribution >= 0.6 is 0 Å². The first kappa shape index (κ1) is 18.5. The molecule has 2 aromatic rings. The number of rotatable bonds is 5. The molecule has 0 aromatic heterocycles. The summed E-state index contributed by atoms with van der Waals surface area (Å²) in [6.45, 7) is 3.52. The molecule has 0 aliphatic heterocycles. The van der Waals surface area contributed by atoms with Gasteiger partial charge in [0.25, 0.3) is 5.91 Å². The number of carbonyl (C=O) groups is 1. The molecular formula is C18H17F3N2O2. The number of alkyl halides is 3. The van der Waals surface area contributed by atoms with E-state index >= 15 is 0 Å². The highest BCUT2D eigenvalue weighted by molar-refractivity contribution is 5.84. The minimum atomic E-state index is -4.49. The van der Waals surface area contributed by atoms with Crippen molar-refractivity contribution in [2.24, 2.45) is 5.10 Å². The van der Waals surface area contributed by atoms with Crippen LogP contribution in [0.1, 0.15) is 22.3 Å². The standard InChI is InChI=1S/C18H17F3N2O2/c1-12-7-13(2)9-15(8-12)25-11-17(24)23-22-10-14-5-3-4-6-16(14)18(19,20)21/h3-10H,11H2,1-2H3,(H,23,24)/b22-10-. The second kappa shape index (κ2) is 7.83. The smallest absolute Gasteiger partial charge is 0.417 e. The van der Waals surface area contributed by atoms with Gasteiger partial charge in [-0.15, -0.1) is 0 Å². The third-order valence-electron chi connectivity index (χ3n) is 3.22. The highest BCUT2D eigenvalue weighted by Crippen LogP contribution is 2.31. The van der Waals surface area contributed by atoms with Crippen molar-refractivity contribution in [3.05, 3.63) is 64.7 Å². The van der Waals surface area contributed by atoms with Crippen molar-refractivity contribution in [3.63, 3.8) is 0 Å². The van der Waals surface area contributed by atoms with Gasteiger partial charge in [-0.2, -0.15) is 18.3 Å². The Morgan fingerprint density at radius 1 is 1.16 bits per heavy atom. The summed E-state index contributed by atoms with van der Waals surface area (Å²) in [5.41, 5.74) is 3.19. The molecule has 2 rings (SSSR count). The molecule has 0 heterocycles. The van der Waals surface area contributed by atoms with E-state index in [1.165, 1.54) is 18.2 Å². The zero-order chi connectivity index (χ0) is 18.4. The number of amides is 1. The molecule has 0 fully saturated rings. The Labute approximate surface area is 143 Å². The van der Waals surface area contributed by atoms with Gasteiger partial charge in [-0.05, 0) is 43.2 Å². The van der Waals surface area contributed by atoms with Gasteiger partial charge < -0.3 is 4.74 Å². The lowest BCUT2D eigenvalue weighted by atomic mass is 10.1. The monoisotopic (exact) mass is 350 g/mol. The summed E-state index contributed by atoms with van der Waals surface area (Å²) in [4.78, 5) is 11.7. The highest BCUT2D eigenvalue weighted by atomic mass is 19.4. The second-order valence-corrected chi connectivity index (χ2v) is 5.49. The Kier molecular flexibility index (Phi) is 5.80. The molecule has 0 saturated carbocycles. The van der Waals surface area contributed by atoms with E-state index in [0.29, 0.717) is 5.75 Å². The maximum atomic E-state index is 12.8. The lowest BCUT2D eigenvalue weighted by Crippen LogP contribution is -2.24. The third-order valence-corrected chi connectivity index (χ3v) is 3.22. The van der Waals surface area contributed by atoms with Crippen LogP contribution in [0.2, 0.25) is 0 Å². The molecule has 25 heavy (non-hydrogen) atoms. The Morgan fingerprint density at radius 2 is 1.80 bits per heavy atom. The van der Waals surface area contributed by atoms with Gasteiger partial charge in [0.1, 0.15) is 5.75 Å². The van der Waals surface area contributed by atoms with Gasteiger partial charge >= 0.3 is 6.18 Å². The van der Waals surface area contributed by atoms with E-state index in [4.69, 9.17) is 4.74 Å². The molecule has 0 aliphatic rings. The molecule has 1 N–H and O–H groups in total. The van der Waals surface area contributed by atoms with Crippen LogP contribution in [0.15, 0.2) is 47.6 Å². The molecule has 0 spiro atoms. The van der Waals surface area contributed by atoms with Gasteiger partial charge in [-0.1, -0.05) is 24.3 Å².